The van der Waals surface area contributed by atoms with E-state index in [2.05, 4.69) is 12.2 Å². The van der Waals surface area contributed by atoms with Crippen LogP contribution in [0.15, 0.2) is 48.5 Å². The summed E-state index contributed by atoms with van der Waals surface area (Å²) in [7, 11) is 1.84. The first-order valence-electron chi connectivity index (χ1n) is 9.11. The van der Waals surface area contributed by atoms with Crippen LogP contribution in [0.3, 0.4) is 0 Å². The van der Waals surface area contributed by atoms with Gasteiger partial charge in [0.2, 0.25) is 0 Å². The van der Waals surface area contributed by atoms with Crippen LogP contribution in [-0.4, -0.2) is 18.6 Å². The third kappa shape index (κ3) is 5.56. The van der Waals surface area contributed by atoms with Gasteiger partial charge in [-0.2, -0.15) is 0 Å². The van der Waals surface area contributed by atoms with Crippen molar-refractivity contribution in [3.63, 3.8) is 0 Å². The second-order valence-electron chi connectivity index (χ2n) is 6.32. The van der Waals surface area contributed by atoms with Gasteiger partial charge in [0.15, 0.2) is 11.6 Å². The summed E-state index contributed by atoms with van der Waals surface area (Å²) in [5.74, 6) is 0.134. The summed E-state index contributed by atoms with van der Waals surface area (Å²) in [4.78, 5) is 24.7. The zero-order valence-electron chi connectivity index (χ0n) is 15.2. The van der Waals surface area contributed by atoms with Gasteiger partial charge in [0.05, 0.1) is 0 Å². The SMILES string of the molecule is CCCCCCCC(=O)c1ccc(C(=O)c2ccc(NC)cc2)cc1. The van der Waals surface area contributed by atoms with E-state index in [4.69, 9.17) is 0 Å². The molecule has 0 radical (unpaired) electrons. The molecular weight excluding hydrogens is 310 g/mol. The molecule has 1 N–H and O–H groups in total. The zero-order valence-corrected chi connectivity index (χ0v) is 15.2. The minimum atomic E-state index is -0.0267. The molecule has 0 aromatic heterocycles. The summed E-state index contributed by atoms with van der Waals surface area (Å²) in [5, 5.41) is 3.03. The van der Waals surface area contributed by atoms with Crippen LogP contribution in [0.2, 0.25) is 0 Å². The monoisotopic (exact) mass is 337 g/mol. The van der Waals surface area contributed by atoms with E-state index < -0.39 is 0 Å². The van der Waals surface area contributed by atoms with Gasteiger partial charge in [0, 0.05) is 35.8 Å². The summed E-state index contributed by atoms with van der Waals surface area (Å²) in [6.45, 7) is 2.18. The van der Waals surface area contributed by atoms with Crippen molar-refractivity contribution in [3.05, 3.63) is 65.2 Å². The number of ketones is 2. The molecule has 0 saturated heterocycles. The molecule has 0 fully saturated rings. The molecule has 0 bridgehead atoms. The van der Waals surface area contributed by atoms with E-state index in [1.54, 1.807) is 24.3 Å². The number of hydrogen-bond acceptors (Lipinski definition) is 3. The van der Waals surface area contributed by atoms with Crippen LogP contribution in [0, 0.1) is 0 Å². The van der Waals surface area contributed by atoms with Crippen LogP contribution in [0.25, 0.3) is 0 Å². The average molecular weight is 337 g/mol. The van der Waals surface area contributed by atoms with Gasteiger partial charge in [-0.05, 0) is 30.7 Å². The molecule has 0 unspecified atom stereocenters. The summed E-state index contributed by atoms with van der Waals surface area (Å²) in [5.41, 5.74) is 2.92. The molecule has 132 valence electrons. The number of anilines is 1. The van der Waals surface area contributed by atoms with E-state index in [-0.39, 0.29) is 11.6 Å². The third-order valence-electron chi connectivity index (χ3n) is 4.41. The first-order chi connectivity index (χ1) is 12.2. The number of Topliss-reactive ketones (excluding diaryl/α,β-unsaturated/α-hetero) is 1. The largest absolute Gasteiger partial charge is 0.388 e. The number of nitrogens with one attached hydrogen (secondary N) is 1. The van der Waals surface area contributed by atoms with Gasteiger partial charge in [0.25, 0.3) is 0 Å². The molecule has 3 heteroatoms. The molecular formula is C22H27NO2. The Morgan fingerprint density at radius 1 is 0.760 bits per heavy atom. The van der Waals surface area contributed by atoms with Gasteiger partial charge >= 0.3 is 0 Å². The van der Waals surface area contributed by atoms with E-state index in [9.17, 15) is 9.59 Å². The lowest BCUT2D eigenvalue weighted by Gasteiger charge is -2.05. The minimum absolute atomic E-state index is 0.0267. The maximum absolute atomic E-state index is 12.5. The van der Waals surface area contributed by atoms with E-state index in [1.807, 2.05) is 31.3 Å². The number of rotatable bonds is 10. The molecule has 0 amide bonds. The van der Waals surface area contributed by atoms with Gasteiger partial charge in [0.1, 0.15) is 0 Å². The number of benzene rings is 2. The van der Waals surface area contributed by atoms with Gasteiger partial charge in [-0.3, -0.25) is 9.59 Å². The van der Waals surface area contributed by atoms with Gasteiger partial charge in [-0.1, -0.05) is 56.9 Å². The van der Waals surface area contributed by atoms with Crippen molar-refractivity contribution < 1.29 is 9.59 Å². The van der Waals surface area contributed by atoms with Crippen molar-refractivity contribution in [2.75, 3.05) is 12.4 Å². The van der Waals surface area contributed by atoms with Crippen LogP contribution in [0.4, 0.5) is 5.69 Å². The van der Waals surface area contributed by atoms with E-state index in [1.165, 1.54) is 19.3 Å². The molecule has 2 aromatic rings. The molecule has 2 rings (SSSR count). The molecule has 0 aliphatic carbocycles. The number of carbonyl (C=O) groups excluding carboxylic acids is 2. The third-order valence-corrected chi connectivity index (χ3v) is 4.41. The van der Waals surface area contributed by atoms with Gasteiger partial charge in [-0.25, -0.2) is 0 Å². The summed E-state index contributed by atoms with van der Waals surface area (Å²) < 4.78 is 0. The highest BCUT2D eigenvalue weighted by Crippen LogP contribution is 2.16. The molecule has 0 heterocycles. The Morgan fingerprint density at radius 2 is 1.28 bits per heavy atom. The fourth-order valence-electron chi connectivity index (χ4n) is 2.80. The molecule has 0 aliphatic heterocycles. The number of carbonyl (C=O) groups is 2. The Morgan fingerprint density at radius 3 is 1.84 bits per heavy atom. The Balaban J connectivity index is 1.94. The molecule has 3 nitrogen and oxygen atoms in total. The Bertz CT molecular complexity index is 687. The predicted molar refractivity (Wildman–Crippen MR) is 104 cm³/mol. The molecule has 0 spiro atoms. The Kier molecular flexibility index (Phi) is 7.39. The second-order valence-corrected chi connectivity index (χ2v) is 6.32. The van der Waals surface area contributed by atoms with E-state index >= 15 is 0 Å². The quantitative estimate of drug-likeness (QED) is 0.460. The van der Waals surface area contributed by atoms with Crippen LogP contribution in [-0.2, 0) is 0 Å². The second kappa shape index (κ2) is 9.77. The fraction of sp³-hybridized carbons (Fsp3) is 0.364. The highest BCUT2D eigenvalue weighted by atomic mass is 16.1. The van der Waals surface area contributed by atoms with E-state index in [0.717, 1.165) is 18.5 Å². The Labute approximate surface area is 150 Å². The van der Waals surface area contributed by atoms with Crippen LogP contribution >= 0.6 is 0 Å². The molecule has 0 atom stereocenters. The van der Waals surface area contributed by atoms with Crippen molar-refractivity contribution in [2.45, 2.75) is 45.4 Å². The summed E-state index contributed by atoms with van der Waals surface area (Å²) in [6, 6.07) is 14.4. The fourth-order valence-corrected chi connectivity index (χ4v) is 2.80. The topological polar surface area (TPSA) is 46.2 Å². The van der Waals surface area contributed by atoms with Gasteiger partial charge < -0.3 is 5.32 Å². The van der Waals surface area contributed by atoms with Crippen molar-refractivity contribution in [3.8, 4) is 0 Å². The number of unbranched alkanes of at least 4 members (excludes halogenated alkanes) is 4. The molecule has 2 aromatic carbocycles. The molecule has 25 heavy (non-hydrogen) atoms. The standard InChI is InChI=1S/C22H27NO2/c1-3-4-5-6-7-8-21(24)17-9-11-18(12-10-17)22(25)19-13-15-20(23-2)16-14-19/h9-16,23H,3-8H2,1-2H3. The molecule has 0 saturated carbocycles. The highest BCUT2D eigenvalue weighted by Gasteiger charge is 2.11. The van der Waals surface area contributed by atoms with Gasteiger partial charge in [-0.15, -0.1) is 0 Å². The maximum Gasteiger partial charge on any atom is 0.193 e. The smallest absolute Gasteiger partial charge is 0.193 e. The Hall–Kier alpha value is -2.42. The minimum Gasteiger partial charge on any atom is -0.388 e. The first-order valence-corrected chi connectivity index (χ1v) is 9.11. The van der Waals surface area contributed by atoms with Crippen LogP contribution in [0.5, 0.6) is 0 Å². The van der Waals surface area contributed by atoms with Crippen molar-refractivity contribution in [2.24, 2.45) is 0 Å². The average Bonchev–Trinajstić information content (AvgIpc) is 2.67. The zero-order chi connectivity index (χ0) is 18.1. The maximum atomic E-state index is 12.5. The lowest BCUT2D eigenvalue weighted by atomic mass is 9.99. The van der Waals surface area contributed by atoms with Crippen molar-refractivity contribution in [1.29, 1.82) is 0 Å². The highest BCUT2D eigenvalue weighted by molar-refractivity contribution is 6.09. The van der Waals surface area contributed by atoms with Crippen molar-refractivity contribution >= 4 is 17.3 Å². The summed E-state index contributed by atoms with van der Waals surface area (Å²) >= 11 is 0. The lowest BCUT2D eigenvalue weighted by molar-refractivity contribution is 0.0977. The van der Waals surface area contributed by atoms with Crippen LogP contribution < -0.4 is 5.32 Å². The predicted octanol–water partition coefficient (Wildman–Crippen LogP) is 5.50. The number of hydrogen-bond donors (Lipinski definition) is 1. The first kappa shape index (κ1) is 18.9. The van der Waals surface area contributed by atoms with Crippen LogP contribution in [0.1, 0.15) is 71.7 Å². The lowest BCUT2D eigenvalue weighted by Crippen LogP contribution is -2.04. The van der Waals surface area contributed by atoms with Crippen molar-refractivity contribution in [1.82, 2.24) is 0 Å². The normalized spacial score (nSPS) is 10.5. The van der Waals surface area contributed by atoms with E-state index in [0.29, 0.717) is 23.1 Å². The molecule has 0 aliphatic rings. The summed E-state index contributed by atoms with van der Waals surface area (Å²) in [6.07, 6.45) is 6.28.